The van der Waals surface area contributed by atoms with E-state index in [4.69, 9.17) is 23.2 Å². The third kappa shape index (κ3) is 7.47. The fraction of sp³-hybridized carbons (Fsp3) is 0.375. The maximum Gasteiger partial charge on any atom is 0.255 e. The summed E-state index contributed by atoms with van der Waals surface area (Å²) in [5, 5.41) is 15.8. The predicted molar refractivity (Wildman–Crippen MR) is 237 cm³/mol. The van der Waals surface area contributed by atoms with E-state index in [0.29, 0.717) is 71.7 Å². The molecule has 4 atom stereocenters. The lowest BCUT2D eigenvalue weighted by molar-refractivity contribution is -0.137. The largest absolute Gasteiger partial charge is 0.385 e. The normalized spacial score (nSPS) is 23.4. The fourth-order valence-electron chi connectivity index (χ4n) is 10.9. The molecule has 2 saturated heterocycles. The summed E-state index contributed by atoms with van der Waals surface area (Å²) in [5.41, 5.74) is 2.31. The van der Waals surface area contributed by atoms with Crippen LogP contribution in [-0.4, -0.2) is 64.4 Å². The van der Waals surface area contributed by atoms with Crippen molar-refractivity contribution < 1.29 is 33.2 Å². The van der Waals surface area contributed by atoms with Crippen molar-refractivity contribution in [2.75, 3.05) is 22.5 Å². The van der Waals surface area contributed by atoms with Crippen molar-refractivity contribution in [2.24, 2.45) is 0 Å². The van der Waals surface area contributed by atoms with Crippen LogP contribution in [0, 0.1) is 5.82 Å². The molecule has 5 aliphatic rings. The van der Waals surface area contributed by atoms with Gasteiger partial charge in [0.15, 0.2) is 5.78 Å². The van der Waals surface area contributed by atoms with Gasteiger partial charge >= 0.3 is 0 Å². The average Bonchev–Trinajstić information content (AvgIpc) is 3.87. The lowest BCUT2D eigenvalue weighted by Crippen LogP contribution is -2.60. The van der Waals surface area contributed by atoms with Gasteiger partial charge in [0.05, 0.1) is 11.1 Å². The highest BCUT2D eigenvalue weighted by molar-refractivity contribution is 6.31. The monoisotopic (exact) mass is 892 g/mol. The van der Waals surface area contributed by atoms with E-state index in [-0.39, 0.29) is 47.1 Å². The van der Waals surface area contributed by atoms with Crippen molar-refractivity contribution in [3.63, 3.8) is 0 Å². The minimum absolute atomic E-state index is 0.0325. The SMILES string of the molecule is O=C1CCC(N2Cc3c(NCCCCCC(=O)c4ccc(NC(=O)[C@@H]5NC6(CCCCC6)[C@@]6(C(=O)Nc7cc(Cl)ccc76)[C@H]5c5cccc(Cl)c5F)cc4)cccc3C2=O)C(=O)N1. The zero-order valence-electron chi connectivity index (χ0n) is 34.5. The number of Topliss-reactive ketones (excluding diaryl/α,β-unsaturated/α-hetero) is 1. The molecule has 2 spiro atoms. The van der Waals surface area contributed by atoms with Crippen LogP contribution in [0.3, 0.4) is 0 Å². The number of anilines is 3. The molecule has 12 nitrogen and oxygen atoms in total. The zero-order chi connectivity index (χ0) is 44.0. The molecule has 9 rings (SSSR count). The number of unbranched alkanes of at least 4 members (excludes halogenated alkanes) is 2. The van der Waals surface area contributed by atoms with Gasteiger partial charge in [-0.1, -0.05) is 73.2 Å². The number of hydrogen-bond acceptors (Lipinski definition) is 8. The first-order chi connectivity index (χ1) is 30.4. The first-order valence-corrected chi connectivity index (χ1v) is 22.4. The van der Waals surface area contributed by atoms with Crippen LogP contribution in [0.25, 0.3) is 0 Å². The molecule has 4 aromatic carbocycles. The minimum Gasteiger partial charge on any atom is -0.385 e. The highest BCUT2D eigenvalue weighted by atomic mass is 35.5. The molecule has 5 amide bonds. The van der Waals surface area contributed by atoms with Crippen LogP contribution in [-0.2, 0) is 31.1 Å². The van der Waals surface area contributed by atoms with Crippen molar-refractivity contribution >= 4 is 75.6 Å². The lowest BCUT2D eigenvalue weighted by Gasteiger charge is -2.47. The van der Waals surface area contributed by atoms with Crippen LogP contribution < -0.4 is 26.6 Å². The summed E-state index contributed by atoms with van der Waals surface area (Å²) in [6.07, 6.45) is 6.87. The number of fused-ring (bicyclic) bond motifs is 4. The zero-order valence-corrected chi connectivity index (χ0v) is 36.0. The number of nitrogens with zero attached hydrogens (tertiary/aromatic N) is 1. The van der Waals surface area contributed by atoms with E-state index in [2.05, 4.69) is 26.6 Å². The molecular formula is C48H47Cl2FN6O6. The van der Waals surface area contributed by atoms with Gasteiger partial charge in [-0.15, -0.1) is 0 Å². The number of amides is 5. The summed E-state index contributed by atoms with van der Waals surface area (Å²) < 4.78 is 16.2. The number of ketones is 1. The number of benzene rings is 4. The molecule has 326 valence electrons. The number of carbonyl (C=O) groups is 6. The van der Waals surface area contributed by atoms with Crippen molar-refractivity contribution in [3.05, 3.63) is 123 Å². The van der Waals surface area contributed by atoms with Crippen molar-refractivity contribution in [1.29, 1.82) is 0 Å². The van der Waals surface area contributed by atoms with Gasteiger partial charge in [-0.2, -0.15) is 0 Å². The van der Waals surface area contributed by atoms with Crippen LogP contribution >= 0.6 is 23.2 Å². The smallest absolute Gasteiger partial charge is 0.255 e. The Morgan fingerprint density at radius 3 is 2.43 bits per heavy atom. The molecule has 1 aliphatic carbocycles. The second-order valence-corrected chi connectivity index (χ2v) is 18.1. The molecule has 63 heavy (non-hydrogen) atoms. The number of halogens is 3. The number of piperidine rings is 1. The Balaban J connectivity index is 0.836. The van der Waals surface area contributed by atoms with E-state index >= 15 is 4.39 Å². The van der Waals surface area contributed by atoms with E-state index < -0.39 is 46.6 Å². The Kier molecular flexibility index (Phi) is 11.6. The standard InChI is InChI=1S/C48H47Cl2FN6O6/c49-28-16-19-33-36(25-28)54-46(63)48(33)40(31-10-7-11-34(50)41(31)51)42(56-47(48)22-4-2-5-23-47)44(61)53-29-17-14-27(15-18-29)38(58)13-3-1-6-24-52-35-12-8-9-30-32(35)26-57(45(30)62)37-20-21-39(59)55-43(37)60/h7-12,14-19,25,37,40,42,52,56H,1-6,13,20-24,26H2,(H,53,61)(H,54,63)(H,55,59,60)/t37?,40-,42+,48+/m0/s1. The topological polar surface area (TPSA) is 166 Å². The number of carbonyl (C=O) groups excluding carboxylic acids is 6. The Hall–Kier alpha value is -5.63. The molecule has 0 radical (unpaired) electrons. The Bertz CT molecular complexity index is 2550. The van der Waals surface area contributed by atoms with Crippen LogP contribution in [0.4, 0.5) is 21.5 Å². The summed E-state index contributed by atoms with van der Waals surface area (Å²) in [6, 6.07) is 20.4. The van der Waals surface area contributed by atoms with Crippen molar-refractivity contribution in [1.82, 2.24) is 15.5 Å². The lowest BCUT2D eigenvalue weighted by atomic mass is 9.55. The number of rotatable bonds is 12. The van der Waals surface area contributed by atoms with Gasteiger partial charge in [-0.25, -0.2) is 4.39 Å². The molecule has 0 aromatic heterocycles. The molecular weight excluding hydrogens is 846 g/mol. The van der Waals surface area contributed by atoms with Gasteiger partial charge < -0.3 is 20.9 Å². The van der Waals surface area contributed by atoms with Crippen molar-refractivity contribution in [3.8, 4) is 0 Å². The quantitative estimate of drug-likeness (QED) is 0.0542. The highest BCUT2D eigenvalue weighted by Gasteiger charge is 2.72. The Labute approximate surface area is 374 Å². The summed E-state index contributed by atoms with van der Waals surface area (Å²) in [7, 11) is 0. The van der Waals surface area contributed by atoms with Crippen LogP contribution in [0.5, 0.6) is 0 Å². The number of nitrogens with one attached hydrogen (secondary N) is 5. The van der Waals surface area contributed by atoms with Crippen LogP contribution in [0.15, 0.2) is 78.9 Å². The molecule has 1 saturated carbocycles. The van der Waals surface area contributed by atoms with E-state index in [1.54, 1.807) is 60.7 Å². The second-order valence-electron chi connectivity index (χ2n) is 17.3. The Morgan fingerprint density at radius 2 is 1.65 bits per heavy atom. The number of hydrogen-bond donors (Lipinski definition) is 5. The Morgan fingerprint density at radius 1 is 0.873 bits per heavy atom. The summed E-state index contributed by atoms with van der Waals surface area (Å²) in [6.45, 7) is 0.910. The van der Waals surface area contributed by atoms with Crippen LogP contribution in [0.2, 0.25) is 10.0 Å². The summed E-state index contributed by atoms with van der Waals surface area (Å²) >= 11 is 12.8. The average molecular weight is 894 g/mol. The maximum atomic E-state index is 16.2. The van der Waals surface area contributed by atoms with E-state index in [0.717, 1.165) is 43.4 Å². The third-order valence-corrected chi connectivity index (χ3v) is 14.3. The van der Waals surface area contributed by atoms with E-state index in [9.17, 15) is 28.8 Å². The maximum absolute atomic E-state index is 16.2. The first-order valence-electron chi connectivity index (χ1n) is 21.7. The molecule has 4 aromatic rings. The fourth-order valence-corrected chi connectivity index (χ4v) is 11.2. The van der Waals surface area contributed by atoms with Crippen LogP contribution in [0.1, 0.15) is 114 Å². The van der Waals surface area contributed by atoms with Gasteiger partial charge in [-0.3, -0.25) is 39.4 Å². The predicted octanol–water partition coefficient (Wildman–Crippen LogP) is 8.04. The molecule has 5 N–H and O–H groups in total. The third-order valence-electron chi connectivity index (χ3n) is 13.8. The first kappa shape index (κ1) is 42.7. The molecule has 15 heteroatoms. The van der Waals surface area contributed by atoms with E-state index in [1.807, 2.05) is 12.1 Å². The molecule has 1 unspecified atom stereocenters. The van der Waals surface area contributed by atoms with Gasteiger partial charge in [0, 0.05) is 76.2 Å². The van der Waals surface area contributed by atoms with Gasteiger partial charge in [0.2, 0.25) is 23.6 Å². The molecule has 3 fully saturated rings. The summed E-state index contributed by atoms with van der Waals surface area (Å²) in [5.74, 6) is -3.43. The second kappa shape index (κ2) is 17.2. The van der Waals surface area contributed by atoms with Gasteiger partial charge in [-0.05, 0) is 97.8 Å². The van der Waals surface area contributed by atoms with Crippen molar-refractivity contribution in [2.45, 2.75) is 106 Å². The molecule has 4 heterocycles. The molecule has 0 bridgehead atoms. The van der Waals surface area contributed by atoms with Gasteiger partial charge in [0.1, 0.15) is 17.3 Å². The van der Waals surface area contributed by atoms with Gasteiger partial charge in [0.25, 0.3) is 5.91 Å². The summed E-state index contributed by atoms with van der Waals surface area (Å²) in [4.78, 5) is 81.2. The molecule has 4 aliphatic heterocycles. The van der Waals surface area contributed by atoms with E-state index in [1.165, 1.54) is 11.0 Å². The highest BCUT2D eigenvalue weighted by Crippen LogP contribution is 2.63. The minimum atomic E-state index is -1.35. The number of imide groups is 1.